The molecule has 2 fully saturated rings. The van der Waals surface area contributed by atoms with Crippen LogP contribution in [0.5, 0.6) is 11.5 Å². The summed E-state index contributed by atoms with van der Waals surface area (Å²) in [6, 6.07) is 11.8. The lowest BCUT2D eigenvalue weighted by molar-refractivity contribution is -1.02. The molecule has 3 heterocycles. The number of ether oxygens (including phenoxy) is 2. The third-order valence-electron chi connectivity index (χ3n) is 6.74. The molecule has 0 unspecified atom stereocenters. The summed E-state index contributed by atoms with van der Waals surface area (Å²) in [7, 11) is 0. The van der Waals surface area contributed by atoms with E-state index in [4.69, 9.17) is 9.47 Å². The monoisotopic (exact) mass is 423 g/mol. The highest BCUT2D eigenvalue weighted by molar-refractivity contribution is 6.22. The first-order valence-electron chi connectivity index (χ1n) is 11.0. The minimum absolute atomic E-state index is 0.0482. The van der Waals surface area contributed by atoms with Crippen LogP contribution in [0.2, 0.25) is 0 Å². The molecule has 0 aliphatic carbocycles. The van der Waals surface area contributed by atoms with Gasteiger partial charge in [0.1, 0.15) is 32.7 Å². The number of carbonyl (C=O) groups is 2. The first-order chi connectivity index (χ1) is 15.0. The van der Waals surface area contributed by atoms with Crippen molar-refractivity contribution in [2.24, 2.45) is 0 Å². The fraction of sp³-hybridized carbons (Fsp3) is 0.417. The molecule has 1 atom stereocenters. The molecule has 2 N–H and O–H groups in total. The van der Waals surface area contributed by atoms with Crippen LogP contribution in [0.15, 0.2) is 36.4 Å². The van der Waals surface area contributed by atoms with E-state index in [-0.39, 0.29) is 17.9 Å². The Labute approximate surface area is 182 Å². The van der Waals surface area contributed by atoms with Crippen LogP contribution in [-0.2, 0) is 16.1 Å². The molecule has 2 saturated heterocycles. The van der Waals surface area contributed by atoms with E-state index in [1.807, 2.05) is 38.1 Å². The van der Waals surface area contributed by atoms with E-state index in [1.54, 1.807) is 0 Å². The normalized spacial score (nSPS) is 25.4. The zero-order valence-electron chi connectivity index (χ0n) is 18.1. The molecule has 162 valence electrons. The Morgan fingerprint density at radius 2 is 1.74 bits per heavy atom. The van der Waals surface area contributed by atoms with Crippen molar-refractivity contribution in [3.63, 3.8) is 0 Å². The van der Waals surface area contributed by atoms with Crippen molar-refractivity contribution in [3.8, 4) is 11.5 Å². The minimum Gasteiger partial charge on any atom is -0.454 e. The van der Waals surface area contributed by atoms with E-state index in [0.717, 1.165) is 61.0 Å². The van der Waals surface area contributed by atoms with E-state index in [0.29, 0.717) is 13.2 Å². The van der Waals surface area contributed by atoms with Crippen molar-refractivity contribution < 1.29 is 28.9 Å². The Hall–Kier alpha value is -2.90. The molecule has 2 aromatic rings. The largest absolute Gasteiger partial charge is 0.454 e. The van der Waals surface area contributed by atoms with Crippen molar-refractivity contribution >= 4 is 17.5 Å². The van der Waals surface area contributed by atoms with Gasteiger partial charge in [-0.3, -0.25) is 9.59 Å². The van der Waals surface area contributed by atoms with Crippen molar-refractivity contribution in [3.05, 3.63) is 53.1 Å². The number of aryl methyl sites for hydroxylation is 2. The van der Waals surface area contributed by atoms with Crippen molar-refractivity contribution in [2.45, 2.75) is 32.9 Å². The molecule has 2 aromatic carbocycles. The van der Waals surface area contributed by atoms with Gasteiger partial charge in [0.2, 0.25) is 12.7 Å². The fourth-order valence-electron chi connectivity index (χ4n) is 4.95. The highest BCUT2D eigenvalue weighted by Gasteiger charge is 2.47. The number of piperazine rings is 1. The predicted octanol–water partition coefficient (Wildman–Crippen LogP) is -0.352. The summed E-state index contributed by atoms with van der Waals surface area (Å²) in [5.74, 6) is 1.51. The molecule has 7 nitrogen and oxygen atoms in total. The highest BCUT2D eigenvalue weighted by atomic mass is 16.7. The van der Waals surface area contributed by atoms with Crippen LogP contribution in [0.3, 0.4) is 0 Å². The van der Waals surface area contributed by atoms with Crippen molar-refractivity contribution in [1.82, 2.24) is 0 Å². The van der Waals surface area contributed by atoms with Gasteiger partial charge < -0.3 is 19.3 Å². The number of imide groups is 1. The van der Waals surface area contributed by atoms with Gasteiger partial charge >= 0.3 is 0 Å². The number of hydrogen-bond acceptors (Lipinski definition) is 4. The standard InChI is InChI=1S/C24H27N3O4/c1-16-3-4-17(2)19(11-16)27-23(28)13-20(24(27)29)26-9-7-25(8-10-26)14-18-5-6-21-22(12-18)31-15-30-21/h3-6,11-12,20H,7-10,13-15H2,1-2H3/p+2/t20-/m0/s1. The number of rotatable bonds is 4. The van der Waals surface area contributed by atoms with E-state index in [1.165, 1.54) is 20.3 Å². The number of anilines is 1. The van der Waals surface area contributed by atoms with Crippen LogP contribution in [0, 0.1) is 13.8 Å². The maximum absolute atomic E-state index is 13.2. The number of nitrogens with zero attached hydrogens (tertiary/aromatic N) is 1. The van der Waals surface area contributed by atoms with Gasteiger partial charge in [0.25, 0.3) is 5.91 Å². The number of carbonyl (C=O) groups excluding carboxylic acids is 2. The van der Waals surface area contributed by atoms with Crippen LogP contribution in [-0.4, -0.2) is 50.8 Å². The van der Waals surface area contributed by atoms with Crippen LogP contribution in [0.1, 0.15) is 23.1 Å². The second-order valence-electron chi connectivity index (χ2n) is 8.89. The molecule has 0 spiro atoms. The average molecular weight is 424 g/mol. The molecule has 3 aliphatic heterocycles. The molecule has 0 saturated carbocycles. The smallest absolute Gasteiger partial charge is 0.292 e. The SMILES string of the molecule is Cc1ccc(C)c(N2C(=O)C[C@H]([NH+]3CC[NH+](Cc4ccc5c(c4)OCO5)CC3)C2=O)c1. The van der Waals surface area contributed by atoms with Crippen LogP contribution < -0.4 is 24.2 Å². The van der Waals surface area contributed by atoms with Gasteiger partial charge in [-0.1, -0.05) is 12.1 Å². The van der Waals surface area contributed by atoms with Gasteiger partial charge in [0.15, 0.2) is 17.5 Å². The summed E-state index contributed by atoms with van der Waals surface area (Å²) in [4.78, 5) is 30.1. The van der Waals surface area contributed by atoms with Gasteiger partial charge in [0, 0.05) is 5.56 Å². The molecule has 7 heteroatoms. The zero-order chi connectivity index (χ0) is 21.5. The summed E-state index contributed by atoms with van der Waals surface area (Å²) >= 11 is 0. The molecule has 0 aromatic heterocycles. The number of nitrogens with one attached hydrogen (secondary N) is 2. The molecule has 2 amide bonds. The number of hydrogen-bond donors (Lipinski definition) is 2. The molecular formula is C24H29N3O4+2. The Morgan fingerprint density at radius 1 is 0.968 bits per heavy atom. The molecule has 0 radical (unpaired) electrons. The van der Waals surface area contributed by atoms with Crippen LogP contribution in [0.25, 0.3) is 0 Å². The molecule has 0 bridgehead atoms. The second kappa shape index (κ2) is 7.98. The summed E-state index contributed by atoms with van der Waals surface area (Å²) < 4.78 is 10.9. The summed E-state index contributed by atoms with van der Waals surface area (Å²) in [5.41, 5.74) is 3.98. The summed E-state index contributed by atoms with van der Waals surface area (Å²) in [6.07, 6.45) is 0.305. The fourth-order valence-corrected chi connectivity index (χ4v) is 4.95. The lowest BCUT2D eigenvalue weighted by Gasteiger charge is -2.32. The van der Waals surface area contributed by atoms with Gasteiger partial charge in [-0.2, -0.15) is 0 Å². The van der Waals surface area contributed by atoms with E-state index < -0.39 is 0 Å². The quantitative estimate of drug-likeness (QED) is 0.660. The summed E-state index contributed by atoms with van der Waals surface area (Å²) in [6.45, 7) is 8.90. The maximum atomic E-state index is 13.2. The summed E-state index contributed by atoms with van der Waals surface area (Å²) in [5, 5.41) is 0. The highest BCUT2D eigenvalue weighted by Crippen LogP contribution is 2.32. The van der Waals surface area contributed by atoms with Crippen LogP contribution in [0.4, 0.5) is 5.69 Å². The number of fused-ring (bicyclic) bond motifs is 1. The topological polar surface area (TPSA) is 64.7 Å². The number of quaternary nitrogens is 2. The average Bonchev–Trinajstić information content (AvgIpc) is 3.34. The van der Waals surface area contributed by atoms with Gasteiger partial charge in [-0.25, -0.2) is 4.90 Å². The second-order valence-corrected chi connectivity index (χ2v) is 8.89. The third kappa shape index (κ3) is 3.79. The predicted molar refractivity (Wildman–Crippen MR) is 114 cm³/mol. The first kappa shape index (κ1) is 20.0. The first-order valence-corrected chi connectivity index (χ1v) is 11.0. The minimum atomic E-state index is -0.264. The lowest BCUT2D eigenvalue weighted by atomic mass is 10.1. The number of benzene rings is 2. The Balaban J connectivity index is 1.22. The van der Waals surface area contributed by atoms with Gasteiger partial charge in [0.05, 0.1) is 12.1 Å². The van der Waals surface area contributed by atoms with Crippen molar-refractivity contribution in [2.75, 3.05) is 37.9 Å². The Kier molecular flexibility index (Phi) is 5.16. The molecule has 5 rings (SSSR count). The van der Waals surface area contributed by atoms with Crippen molar-refractivity contribution in [1.29, 1.82) is 0 Å². The van der Waals surface area contributed by atoms with Crippen LogP contribution >= 0.6 is 0 Å². The Morgan fingerprint density at radius 3 is 2.55 bits per heavy atom. The molecular weight excluding hydrogens is 394 g/mol. The number of amides is 2. The van der Waals surface area contributed by atoms with E-state index in [2.05, 4.69) is 12.1 Å². The third-order valence-corrected chi connectivity index (χ3v) is 6.74. The van der Waals surface area contributed by atoms with Gasteiger partial charge in [-0.05, 0) is 49.2 Å². The lowest BCUT2D eigenvalue weighted by Crippen LogP contribution is -3.29. The zero-order valence-corrected chi connectivity index (χ0v) is 18.1. The molecule has 3 aliphatic rings. The maximum Gasteiger partial charge on any atom is 0.292 e. The Bertz CT molecular complexity index is 1030. The van der Waals surface area contributed by atoms with E-state index >= 15 is 0 Å². The molecule has 31 heavy (non-hydrogen) atoms. The van der Waals surface area contributed by atoms with E-state index in [9.17, 15) is 9.59 Å². The van der Waals surface area contributed by atoms with Gasteiger partial charge in [-0.15, -0.1) is 0 Å².